The minimum atomic E-state index is -0.0303. The topological polar surface area (TPSA) is 15.3 Å². The Bertz CT molecular complexity index is 614. The van der Waals surface area contributed by atoms with Crippen LogP contribution < -0.4 is 10.2 Å². The summed E-state index contributed by atoms with van der Waals surface area (Å²) in [6, 6.07) is 19.3. The third-order valence-corrected chi connectivity index (χ3v) is 4.27. The molecule has 20 heavy (non-hydrogen) atoms. The van der Waals surface area contributed by atoms with Crippen LogP contribution in [0.2, 0.25) is 1.41 Å². The number of hydrogen-bond donors (Lipinski definition) is 1. The Labute approximate surface area is 122 Å². The van der Waals surface area contributed by atoms with Gasteiger partial charge in [0.05, 0.1) is 0 Å². The number of aryl methyl sites for hydroxylation is 1. The van der Waals surface area contributed by atoms with Crippen LogP contribution in [-0.4, -0.2) is 12.1 Å². The van der Waals surface area contributed by atoms with Gasteiger partial charge in [-0.1, -0.05) is 48.5 Å². The molecule has 0 amide bonds. The average molecular weight is 267 g/mol. The Morgan fingerprint density at radius 2 is 1.65 bits per heavy atom. The number of benzene rings is 2. The van der Waals surface area contributed by atoms with Gasteiger partial charge in [-0.2, -0.15) is 0 Å². The van der Waals surface area contributed by atoms with Crippen LogP contribution in [0.25, 0.3) is 0 Å². The number of rotatable bonds is 2. The molecule has 1 saturated heterocycles. The summed E-state index contributed by atoms with van der Waals surface area (Å²) in [7, 11) is 0. The zero-order valence-corrected chi connectivity index (χ0v) is 12.3. The van der Waals surface area contributed by atoms with E-state index in [9.17, 15) is 0 Å². The molecule has 0 aromatic heterocycles. The van der Waals surface area contributed by atoms with Crippen molar-refractivity contribution in [3.8, 4) is 0 Å². The molecule has 1 fully saturated rings. The van der Waals surface area contributed by atoms with Crippen LogP contribution in [0.3, 0.4) is 0 Å². The van der Waals surface area contributed by atoms with Gasteiger partial charge in [0.15, 0.2) is 0 Å². The number of nitrogens with one attached hydrogen (secondary N) is 1. The summed E-state index contributed by atoms with van der Waals surface area (Å²) in [5.41, 5.74) is 3.65. The van der Waals surface area contributed by atoms with Crippen molar-refractivity contribution in [1.82, 2.24) is 5.31 Å². The maximum absolute atomic E-state index is 8.51. The lowest BCUT2D eigenvalue weighted by Gasteiger charge is -2.31. The first kappa shape index (κ1) is 12.0. The van der Waals surface area contributed by atoms with Crippen molar-refractivity contribution < 1.29 is 1.41 Å². The fourth-order valence-electron chi connectivity index (χ4n) is 2.95. The van der Waals surface area contributed by atoms with Crippen molar-refractivity contribution in [3.05, 3.63) is 65.7 Å². The Morgan fingerprint density at radius 3 is 2.35 bits per heavy atom. The molecule has 2 unspecified atom stereocenters. The Hall–Kier alpha value is -1.80. The molecule has 0 bridgehead atoms. The highest BCUT2D eigenvalue weighted by atomic mass is 15.4. The monoisotopic (exact) mass is 267 g/mol. The summed E-state index contributed by atoms with van der Waals surface area (Å²) in [6.45, 7) is 6.48. The number of nitrogens with zero attached hydrogens (tertiary/aromatic N) is 1. The second-order valence-corrected chi connectivity index (χ2v) is 5.61. The molecule has 2 aromatic carbocycles. The highest BCUT2D eigenvalue weighted by Gasteiger charge is 2.36. The van der Waals surface area contributed by atoms with E-state index < -0.39 is 0 Å². The maximum atomic E-state index is 8.51. The van der Waals surface area contributed by atoms with Gasteiger partial charge < -0.3 is 4.90 Å². The summed E-state index contributed by atoms with van der Waals surface area (Å²) in [6.07, 6.45) is -0.0303. The van der Waals surface area contributed by atoms with Crippen LogP contribution in [-0.2, 0) is 0 Å². The van der Waals surface area contributed by atoms with Crippen molar-refractivity contribution in [1.29, 1.82) is 0 Å². The Morgan fingerprint density at radius 1 is 1.00 bits per heavy atom. The fraction of sp³-hybridized carbons (Fsp3) is 0.333. The first-order valence-corrected chi connectivity index (χ1v) is 7.27. The van der Waals surface area contributed by atoms with Crippen molar-refractivity contribution in [2.45, 2.75) is 39.0 Å². The maximum Gasteiger partial charge on any atom is 0.125 e. The SMILES string of the molecule is [2H]N1C(C)[C@H](C)N(c2ccccc2C)C1c1ccccc1. The molecule has 2 heteroatoms. The van der Waals surface area contributed by atoms with E-state index in [1.165, 1.54) is 16.8 Å². The van der Waals surface area contributed by atoms with Gasteiger partial charge in [-0.25, -0.2) is 0 Å². The first-order chi connectivity index (χ1) is 10.1. The smallest absolute Gasteiger partial charge is 0.125 e. The largest absolute Gasteiger partial charge is 0.347 e. The van der Waals surface area contributed by atoms with Gasteiger partial charge in [-0.05, 0) is 38.0 Å². The van der Waals surface area contributed by atoms with Gasteiger partial charge in [0, 0.05) is 17.8 Å². The molecular formula is C18H22N2. The summed E-state index contributed by atoms with van der Waals surface area (Å²) < 4.78 is 8.51. The molecule has 3 rings (SSSR count). The van der Waals surface area contributed by atoms with Crippen LogP contribution in [0.4, 0.5) is 5.69 Å². The quantitative estimate of drug-likeness (QED) is 0.888. The molecule has 1 aliphatic rings. The van der Waals surface area contributed by atoms with E-state index in [-0.39, 0.29) is 12.2 Å². The van der Waals surface area contributed by atoms with Crippen molar-refractivity contribution in [2.24, 2.45) is 0 Å². The summed E-state index contributed by atoms with van der Waals surface area (Å²) >= 11 is 0. The molecule has 2 nitrogen and oxygen atoms in total. The minimum Gasteiger partial charge on any atom is -0.347 e. The van der Waals surface area contributed by atoms with Crippen molar-refractivity contribution in [3.63, 3.8) is 0 Å². The Kier molecular flexibility index (Phi) is 3.17. The molecule has 3 atom stereocenters. The lowest BCUT2D eigenvalue weighted by atomic mass is 10.1. The average Bonchev–Trinajstić information content (AvgIpc) is 2.73. The zero-order chi connectivity index (χ0) is 15.0. The third kappa shape index (κ3) is 2.20. The van der Waals surface area contributed by atoms with E-state index >= 15 is 0 Å². The molecule has 2 aromatic rings. The lowest BCUT2D eigenvalue weighted by molar-refractivity contribution is 0.573. The van der Waals surface area contributed by atoms with Gasteiger partial charge in [-0.3, -0.25) is 5.31 Å². The second kappa shape index (κ2) is 5.29. The Balaban J connectivity index is 2.09. The second-order valence-electron chi connectivity index (χ2n) is 5.61. The molecule has 1 aliphatic heterocycles. The van der Waals surface area contributed by atoms with Crippen molar-refractivity contribution in [2.75, 3.05) is 4.90 Å². The van der Waals surface area contributed by atoms with Crippen molar-refractivity contribution >= 4 is 5.69 Å². The van der Waals surface area contributed by atoms with Gasteiger partial charge in [-0.15, -0.1) is 0 Å². The molecule has 0 spiro atoms. The zero-order valence-electron chi connectivity index (χ0n) is 13.3. The lowest BCUT2D eigenvalue weighted by Crippen LogP contribution is -2.33. The van der Waals surface area contributed by atoms with Crippen LogP contribution in [0.15, 0.2) is 54.6 Å². The number of anilines is 1. The van der Waals surface area contributed by atoms with E-state index in [1.807, 2.05) is 18.2 Å². The highest BCUT2D eigenvalue weighted by Crippen LogP contribution is 2.35. The predicted molar refractivity (Wildman–Crippen MR) is 84.9 cm³/mol. The van der Waals surface area contributed by atoms with Gasteiger partial charge in [0.25, 0.3) is 0 Å². The summed E-state index contributed by atoms with van der Waals surface area (Å²) in [5.74, 6) is 0. The standard InChI is InChI=1S/C18H22N2/c1-13-9-7-8-12-17(13)20-15(3)14(2)19-18(20)16-10-5-4-6-11-16/h4-12,14-15,18-19H,1-3H3/t14?,15-,18?/m0/s1/i/hD. The number of hydrogen-bond acceptors (Lipinski definition) is 2. The summed E-state index contributed by atoms with van der Waals surface area (Å²) in [5, 5.41) is 1.73. The first-order valence-electron chi connectivity index (χ1n) is 7.72. The highest BCUT2D eigenvalue weighted by molar-refractivity contribution is 5.57. The predicted octanol–water partition coefficient (Wildman–Crippen LogP) is 3.88. The molecule has 0 aliphatic carbocycles. The van der Waals surface area contributed by atoms with E-state index in [0.717, 1.165) is 0 Å². The van der Waals surface area contributed by atoms with Crippen LogP contribution >= 0.6 is 0 Å². The fourth-order valence-corrected chi connectivity index (χ4v) is 2.95. The summed E-state index contributed by atoms with van der Waals surface area (Å²) in [4.78, 5) is 2.38. The van der Waals surface area contributed by atoms with Gasteiger partial charge in [0.1, 0.15) is 7.58 Å². The van der Waals surface area contributed by atoms with Crippen LogP contribution in [0.1, 0.15) is 31.1 Å². The minimum absolute atomic E-state index is 0.0303. The van der Waals surface area contributed by atoms with Crippen LogP contribution in [0.5, 0.6) is 0 Å². The normalized spacial score (nSPS) is 27.6. The van der Waals surface area contributed by atoms with Crippen LogP contribution in [0, 0.1) is 6.92 Å². The molecule has 1 heterocycles. The molecule has 0 radical (unpaired) electrons. The van der Waals surface area contributed by atoms with E-state index in [0.29, 0.717) is 6.04 Å². The molecule has 104 valence electrons. The van der Waals surface area contributed by atoms with E-state index in [2.05, 4.69) is 62.1 Å². The number of para-hydroxylation sites is 1. The van der Waals surface area contributed by atoms with Gasteiger partial charge >= 0.3 is 0 Å². The third-order valence-electron chi connectivity index (χ3n) is 4.27. The van der Waals surface area contributed by atoms with Gasteiger partial charge in [0.2, 0.25) is 0 Å². The van der Waals surface area contributed by atoms with E-state index in [4.69, 9.17) is 1.41 Å². The molecular weight excluding hydrogens is 244 g/mol. The van der Waals surface area contributed by atoms with E-state index in [1.54, 1.807) is 5.31 Å². The molecule has 0 saturated carbocycles. The molecule has 1 N–H and O–H groups in total.